The predicted octanol–water partition coefficient (Wildman–Crippen LogP) is 3.27. The summed E-state index contributed by atoms with van der Waals surface area (Å²) in [4.78, 5) is 19.3. The van der Waals surface area contributed by atoms with E-state index >= 15 is 0 Å². The van der Waals surface area contributed by atoms with Gasteiger partial charge in [0.05, 0.1) is 16.8 Å². The van der Waals surface area contributed by atoms with Gasteiger partial charge in [-0.05, 0) is 23.6 Å². The van der Waals surface area contributed by atoms with Crippen molar-refractivity contribution in [3.8, 4) is 0 Å². The molecule has 0 atom stereocenters. The molecule has 0 saturated carbocycles. The first kappa shape index (κ1) is 15.7. The lowest BCUT2D eigenvalue weighted by Gasteiger charge is -2.29. The lowest BCUT2D eigenvalue weighted by Crippen LogP contribution is -2.28. The number of fused-ring (bicyclic) bond motifs is 1. The molecule has 0 radical (unpaired) electrons. The van der Waals surface area contributed by atoms with Crippen molar-refractivity contribution < 1.29 is 4.79 Å². The second-order valence-electron chi connectivity index (χ2n) is 6.01. The van der Waals surface area contributed by atoms with Crippen LogP contribution in [0.3, 0.4) is 0 Å². The Morgan fingerprint density at radius 2 is 2.00 bits per heavy atom. The van der Waals surface area contributed by atoms with Crippen molar-refractivity contribution >= 4 is 44.4 Å². The number of rotatable bonds is 3. The molecule has 0 fully saturated rings. The molecule has 126 valence electrons. The maximum absolute atomic E-state index is 11.6. The van der Waals surface area contributed by atoms with Gasteiger partial charge in [-0.3, -0.25) is 4.79 Å². The molecule has 3 aromatic rings. The summed E-state index contributed by atoms with van der Waals surface area (Å²) >= 11 is 1.25. The maximum atomic E-state index is 11.6. The van der Waals surface area contributed by atoms with E-state index in [4.69, 9.17) is 11.5 Å². The number of nitrogens with zero attached hydrogens (tertiary/aromatic N) is 2. The number of hydrogen-bond acceptors (Lipinski definition) is 5. The minimum atomic E-state index is -0.503. The quantitative estimate of drug-likeness (QED) is 0.759. The summed E-state index contributed by atoms with van der Waals surface area (Å²) in [5.41, 5.74) is 15.7. The number of hydrogen-bond donors (Lipinski definition) is 2. The van der Waals surface area contributed by atoms with Gasteiger partial charge >= 0.3 is 0 Å². The number of thiophene rings is 1. The van der Waals surface area contributed by atoms with E-state index in [0.29, 0.717) is 10.6 Å². The standard InChI is InChI=1S/C19H18N4OS/c20-16-15-14(6-9-22-19(15)25-17(16)18(21)24)23-10-7-13(8-11-23)12-4-2-1-3-5-12/h1-7,9H,8,10-11,20H2,(H2,21,24). The largest absolute Gasteiger partial charge is 0.397 e. The lowest BCUT2D eigenvalue weighted by molar-refractivity contribution is 0.100. The molecule has 25 heavy (non-hydrogen) atoms. The smallest absolute Gasteiger partial charge is 0.260 e. The summed E-state index contributed by atoms with van der Waals surface area (Å²) in [6.45, 7) is 1.69. The van der Waals surface area contributed by atoms with Crippen LogP contribution < -0.4 is 16.4 Å². The molecular formula is C19H18N4OS. The van der Waals surface area contributed by atoms with Crippen LogP contribution in [-0.2, 0) is 0 Å². The fraction of sp³-hybridized carbons (Fsp3) is 0.158. The van der Waals surface area contributed by atoms with E-state index in [1.54, 1.807) is 6.20 Å². The molecule has 0 saturated heterocycles. The zero-order valence-electron chi connectivity index (χ0n) is 13.6. The Morgan fingerprint density at radius 1 is 1.20 bits per heavy atom. The van der Waals surface area contributed by atoms with Crippen LogP contribution in [0.5, 0.6) is 0 Å². The van der Waals surface area contributed by atoms with E-state index in [0.717, 1.165) is 35.4 Å². The van der Waals surface area contributed by atoms with E-state index in [-0.39, 0.29) is 0 Å². The summed E-state index contributed by atoms with van der Waals surface area (Å²) in [6, 6.07) is 12.4. The minimum absolute atomic E-state index is 0.382. The Morgan fingerprint density at radius 3 is 2.68 bits per heavy atom. The van der Waals surface area contributed by atoms with Crippen molar-refractivity contribution in [3.05, 3.63) is 59.1 Å². The maximum Gasteiger partial charge on any atom is 0.260 e. The van der Waals surface area contributed by atoms with E-state index in [1.165, 1.54) is 22.5 Å². The number of nitrogen functional groups attached to an aromatic ring is 1. The van der Waals surface area contributed by atoms with Gasteiger partial charge in [-0.15, -0.1) is 11.3 Å². The van der Waals surface area contributed by atoms with Gasteiger partial charge in [-0.1, -0.05) is 36.4 Å². The average molecular weight is 350 g/mol. The molecular weight excluding hydrogens is 332 g/mol. The van der Waals surface area contributed by atoms with Crippen LogP contribution in [0.2, 0.25) is 0 Å². The lowest BCUT2D eigenvalue weighted by atomic mass is 9.99. The van der Waals surface area contributed by atoms with Crippen LogP contribution in [0, 0.1) is 0 Å². The minimum Gasteiger partial charge on any atom is -0.397 e. The molecule has 1 aromatic carbocycles. The first-order chi connectivity index (χ1) is 12.1. The number of nitrogens with two attached hydrogens (primary N) is 2. The first-order valence-corrected chi connectivity index (χ1v) is 8.93. The van der Waals surface area contributed by atoms with E-state index in [9.17, 15) is 4.79 Å². The Balaban J connectivity index is 1.70. The molecule has 6 heteroatoms. The molecule has 0 spiro atoms. The summed E-state index contributed by atoms with van der Waals surface area (Å²) < 4.78 is 0. The Bertz CT molecular complexity index is 978. The normalized spacial score (nSPS) is 14.6. The number of benzene rings is 1. The van der Waals surface area contributed by atoms with Gasteiger partial charge in [0, 0.05) is 19.3 Å². The van der Waals surface area contributed by atoms with Crippen molar-refractivity contribution in [1.29, 1.82) is 0 Å². The molecule has 1 aliphatic rings. The Hall–Kier alpha value is -2.86. The number of pyridine rings is 1. The number of amides is 1. The van der Waals surface area contributed by atoms with Crippen molar-refractivity contribution in [2.75, 3.05) is 23.7 Å². The van der Waals surface area contributed by atoms with Gasteiger partial charge < -0.3 is 16.4 Å². The van der Waals surface area contributed by atoms with Crippen molar-refractivity contribution in [2.24, 2.45) is 5.73 Å². The highest BCUT2D eigenvalue weighted by Gasteiger charge is 2.21. The highest BCUT2D eigenvalue weighted by molar-refractivity contribution is 7.21. The van der Waals surface area contributed by atoms with Crippen LogP contribution in [0.15, 0.2) is 48.7 Å². The van der Waals surface area contributed by atoms with E-state index in [2.05, 4.69) is 40.2 Å². The third-order valence-corrected chi connectivity index (χ3v) is 5.65. The molecule has 0 unspecified atom stereocenters. The summed E-state index contributed by atoms with van der Waals surface area (Å²) in [6.07, 6.45) is 4.97. The van der Waals surface area contributed by atoms with Crippen LogP contribution in [0.1, 0.15) is 21.7 Å². The predicted molar refractivity (Wildman–Crippen MR) is 104 cm³/mol. The monoisotopic (exact) mass is 350 g/mol. The SMILES string of the molecule is NC(=O)c1sc2nccc(N3CC=C(c4ccccc4)CC3)c2c1N. The number of primary amides is 1. The van der Waals surface area contributed by atoms with Crippen LogP contribution in [0.4, 0.5) is 11.4 Å². The van der Waals surface area contributed by atoms with Crippen LogP contribution >= 0.6 is 11.3 Å². The van der Waals surface area contributed by atoms with Crippen molar-refractivity contribution in [3.63, 3.8) is 0 Å². The Kier molecular flexibility index (Phi) is 3.89. The first-order valence-electron chi connectivity index (χ1n) is 8.11. The van der Waals surface area contributed by atoms with Gasteiger partial charge in [0.1, 0.15) is 9.71 Å². The number of anilines is 2. The van der Waals surface area contributed by atoms with Gasteiger partial charge in [0.2, 0.25) is 0 Å². The van der Waals surface area contributed by atoms with Crippen LogP contribution in [0.25, 0.3) is 15.8 Å². The van der Waals surface area contributed by atoms with Crippen molar-refractivity contribution in [2.45, 2.75) is 6.42 Å². The molecule has 0 bridgehead atoms. The van der Waals surface area contributed by atoms with E-state index < -0.39 is 5.91 Å². The Labute approximate surface area is 149 Å². The molecule has 1 amide bonds. The van der Waals surface area contributed by atoms with E-state index in [1.807, 2.05) is 12.1 Å². The summed E-state index contributed by atoms with van der Waals surface area (Å²) in [7, 11) is 0. The number of carbonyl (C=O) groups excluding carboxylic acids is 1. The second-order valence-corrected chi connectivity index (χ2v) is 7.01. The highest BCUT2D eigenvalue weighted by atomic mass is 32.1. The fourth-order valence-corrected chi connectivity index (χ4v) is 4.21. The van der Waals surface area contributed by atoms with Gasteiger partial charge in [0.25, 0.3) is 5.91 Å². The molecule has 4 rings (SSSR count). The van der Waals surface area contributed by atoms with Gasteiger partial charge in [0.15, 0.2) is 0 Å². The van der Waals surface area contributed by atoms with Crippen LogP contribution in [-0.4, -0.2) is 24.0 Å². The highest BCUT2D eigenvalue weighted by Crippen LogP contribution is 2.39. The molecule has 0 aliphatic carbocycles. The molecule has 1 aliphatic heterocycles. The van der Waals surface area contributed by atoms with Crippen molar-refractivity contribution in [1.82, 2.24) is 4.98 Å². The molecule has 3 heterocycles. The molecule has 5 nitrogen and oxygen atoms in total. The fourth-order valence-electron chi connectivity index (χ4n) is 3.28. The molecule has 4 N–H and O–H groups in total. The third-order valence-electron chi connectivity index (χ3n) is 4.53. The average Bonchev–Trinajstić information content (AvgIpc) is 3.00. The third kappa shape index (κ3) is 2.74. The zero-order chi connectivity index (χ0) is 17.4. The summed E-state index contributed by atoms with van der Waals surface area (Å²) in [5.74, 6) is -0.503. The second kappa shape index (κ2) is 6.22. The van der Waals surface area contributed by atoms with Gasteiger partial charge in [-0.25, -0.2) is 4.98 Å². The molecule has 2 aromatic heterocycles. The topological polar surface area (TPSA) is 85.2 Å². The van der Waals surface area contributed by atoms with Gasteiger partial charge in [-0.2, -0.15) is 0 Å². The zero-order valence-corrected chi connectivity index (χ0v) is 14.4. The number of carbonyl (C=O) groups is 1. The summed E-state index contributed by atoms with van der Waals surface area (Å²) in [5, 5.41) is 0.831. The number of aromatic nitrogens is 1.